The number of alkyl halides is 1. The van der Waals surface area contributed by atoms with Gasteiger partial charge in [-0.2, -0.15) is 0 Å². The first-order chi connectivity index (χ1) is 16.9. The summed E-state index contributed by atoms with van der Waals surface area (Å²) in [6.45, 7) is 10.6. The maximum Gasteiger partial charge on any atom is 0.410 e. The molecular formula is C25H36Cl2FN3O5S. The molecule has 0 radical (unpaired) electrons. The topological polar surface area (TPSA) is 99.2 Å². The number of halogens is 3. The van der Waals surface area contributed by atoms with Gasteiger partial charge in [0.25, 0.3) is 5.91 Å². The van der Waals surface area contributed by atoms with Crippen LogP contribution in [-0.2, 0) is 20.5 Å². The summed E-state index contributed by atoms with van der Waals surface area (Å²) in [4.78, 5) is 27.8. The number of piperidine rings is 1. The van der Waals surface area contributed by atoms with Crippen molar-refractivity contribution in [2.75, 3.05) is 26.2 Å². The van der Waals surface area contributed by atoms with Gasteiger partial charge in [0, 0.05) is 24.7 Å². The average Bonchev–Trinajstić information content (AvgIpc) is 2.75. The molecule has 2 saturated heterocycles. The van der Waals surface area contributed by atoms with Crippen LogP contribution in [0.15, 0.2) is 12.1 Å². The van der Waals surface area contributed by atoms with Gasteiger partial charge in [-0.15, -0.1) is 0 Å². The fraction of sp³-hybridized carbons (Fsp3) is 0.680. The second-order valence-electron chi connectivity index (χ2n) is 11.7. The molecule has 2 heterocycles. The summed E-state index contributed by atoms with van der Waals surface area (Å²) in [6.07, 6.45) is 0.321. The van der Waals surface area contributed by atoms with Crippen LogP contribution in [0, 0.1) is 5.92 Å². The predicted molar refractivity (Wildman–Crippen MR) is 143 cm³/mol. The number of amides is 2. The second kappa shape index (κ2) is 10.9. The normalized spacial score (nSPS) is 20.2. The quantitative estimate of drug-likeness (QED) is 0.512. The second-order valence-corrected chi connectivity index (χ2v) is 14.5. The molecule has 1 aromatic carbocycles. The smallest absolute Gasteiger partial charge is 0.410 e. The molecule has 37 heavy (non-hydrogen) atoms. The van der Waals surface area contributed by atoms with Crippen LogP contribution < -0.4 is 4.72 Å². The molecule has 0 aromatic heterocycles. The van der Waals surface area contributed by atoms with E-state index >= 15 is 4.39 Å². The van der Waals surface area contributed by atoms with Gasteiger partial charge in [-0.3, -0.25) is 4.79 Å². The zero-order valence-corrected chi connectivity index (χ0v) is 24.4. The first kappa shape index (κ1) is 29.9. The van der Waals surface area contributed by atoms with Crippen molar-refractivity contribution < 1.29 is 28.0 Å². The molecule has 0 aliphatic carbocycles. The fourth-order valence-corrected chi connectivity index (χ4v) is 5.61. The lowest BCUT2D eigenvalue weighted by atomic mass is 9.84. The molecule has 2 fully saturated rings. The van der Waals surface area contributed by atoms with Gasteiger partial charge >= 0.3 is 6.09 Å². The highest BCUT2D eigenvalue weighted by Crippen LogP contribution is 2.40. The minimum atomic E-state index is -2.14. The van der Waals surface area contributed by atoms with E-state index in [1.54, 1.807) is 26.8 Å². The molecule has 2 aliphatic rings. The van der Waals surface area contributed by atoms with E-state index in [9.17, 15) is 18.9 Å². The van der Waals surface area contributed by atoms with Crippen molar-refractivity contribution in [2.24, 2.45) is 5.92 Å². The molecule has 0 saturated carbocycles. The Hall–Kier alpha value is -1.62. The summed E-state index contributed by atoms with van der Waals surface area (Å²) >= 11 is 12.3. The van der Waals surface area contributed by atoms with E-state index in [1.807, 2.05) is 20.8 Å². The minimum Gasteiger partial charge on any atom is -0.508 e. The maximum atomic E-state index is 15.3. The van der Waals surface area contributed by atoms with Crippen LogP contribution in [0.3, 0.4) is 0 Å². The lowest BCUT2D eigenvalue weighted by Gasteiger charge is -2.46. The third kappa shape index (κ3) is 7.07. The molecule has 12 heteroatoms. The maximum absolute atomic E-state index is 15.3. The molecule has 2 aliphatic heterocycles. The number of likely N-dealkylation sites (tertiary alicyclic amines) is 2. The summed E-state index contributed by atoms with van der Waals surface area (Å²) < 4.78 is 36.1. The van der Waals surface area contributed by atoms with Crippen molar-refractivity contribution in [1.29, 1.82) is 0 Å². The first-order valence-corrected chi connectivity index (χ1v) is 14.1. The Labute approximate surface area is 230 Å². The van der Waals surface area contributed by atoms with Crippen molar-refractivity contribution >= 4 is 46.2 Å². The molecule has 3 rings (SSSR count). The molecule has 8 nitrogen and oxygen atoms in total. The highest BCUT2D eigenvalue weighted by atomic mass is 35.5. The highest BCUT2D eigenvalue weighted by Gasteiger charge is 2.55. The fourth-order valence-electron chi connectivity index (χ4n) is 4.38. The molecule has 2 atom stereocenters. The van der Waals surface area contributed by atoms with Crippen LogP contribution >= 0.6 is 23.2 Å². The van der Waals surface area contributed by atoms with Crippen LogP contribution in [-0.4, -0.2) is 73.3 Å². The van der Waals surface area contributed by atoms with Gasteiger partial charge in [-0.05, 0) is 66.4 Å². The SMILES string of the molecule is CC(C)(C)OC(=O)N1CC(F)(C(=O)N2CCC([C@@H](NS(=O)C(C)(C)C)c3cc(Cl)c(Cl)cc3O)CC2)C1. The van der Waals surface area contributed by atoms with Crippen molar-refractivity contribution in [3.8, 4) is 5.75 Å². The van der Waals surface area contributed by atoms with Crippen LogP contribution in [0.1, 0.15) is 66.0 Å². The highest BCUT2D eigenvalue weighted by molar-refractivity contribution is 7.84. The first-order valence-electron chi connectivity index (χ1n) is 12.2. The zero-order valence-electron chi connectivity index (χ0n) is 22.1. The van der Waals surface area contributed by atoms with E-state index < -0.39 is 45.0 Å². The summed E-state index contributed by atoms with van der Waals surface area (Å²) in [5.74, 6) is -0.838. The van der Waals surface area contributed by atoms with Gasteiger partial charge in [0.05, 0.1) is 44.9 Å². The lowest BCUT2D eigenvalue weighted by molar-refractivity contribution is -0.156. The van der Waals surface area contributed by atoms with Gasteiger partial charge in [0.2, 0.25) is 5.67 Å². The number of benzene rings is 1. The van der Waals surface area contributed by atoms with Crippen molar-refractivity contribution in [1.82, 2.24) is 14.5 Å². The number of hydrogen-bond acceptors (Lipinski definition) is 5. The number of aromatic hydroxyl groups is 1. The number of carbonyl (C=O) groups is 2. The Morgan fingerprint density at radius 1 is 1.11 bits per heavy atom. The van der Waals surface area contributed by atoms with Gasteiger partial charge in [0.1, 0.15) is 11.4 Å². The average molecular weight is 581 g/mol. The molecule has 0 spiro atoms. The monoisotopic (exact) mass is 579 g/mol. The number of carbonyl (C=O) groups excluding carboxylic acids is 2. The molecule has 0 bridgehead atoms. The van der Waals surface area contributed by atoms with E-state index in [2.05, 4.69) is 4.72 Å². The standard InChI is InChI=1S/C25H36Cl2FN3O5S/c1-23(2,3)36-22(34)31-13-25(28,14-31)21(33)30-9-7-15(8-10-30)20(29-37(35)24(4,5)6)16-11-17(26)18(27)12-19(16)32/h11-12,15,20,29,32H,7-10,13-14H2,1-6H3/t20-,37?/m1/s1. The number of rotatable bonds is 5. The van der Waals surface area contributed by atoms with Crippen LogP contribution in [0.4, 0.5) is 9.18 Å². The Bertz CT molecular complexity index is 1060. The van der Waals surface area contributed by atoms with Crippen molar-refractivity contribution in [2.45, 2.75) is 76.4 Å². The Morgan fingerprint density at radius 3 is 2.16 bits per heavy atom. The summed E-state index contributed by atoms with van der Waals surface area (Å²) in [5, 5.41) is 11.1. The number of hydrogen-bond donors (Lipinski definition) is 2. The Kier molecular flexibility index (Phi) is 8.79. The summed E-state index contributed by atoms with van der Waals surface area (Å²) in [7, 11) is -1.46. The van der Waals surface area contributed by atoms with Crippen LogP contribution in [0.25, 0.3) is 0 Å². The number of nitrogens with one attached hydrogen (secondary N) is 1. The molecule has 2 amide bonds. The molecule has 208 valence electrons. The van der Waals surface area contributed by atoms with Gasteiger partial charge in [-0.25, -0.2) is 18.1 Å². The predicted octanol–water partition coefficient (Wildman–Crippen LogP) is 4.99. The number of nitrogens with zero attached hydrogens (tertiary/aromatic N) is 2. The van der Waals surface area contributed by atoms with Gasteiger partial charge in [-0.1, -0.05) is 23.2 Å². The van der Waals surface area contributed by atoms with E-state index in [4.69, 9.17) is 27.9 Å². The number of phenolic OH excluding ortho intramolecular Hbond substituents is 1. The molecule has 2 N–H and O–H groups in total. The number of phenols is 1. The van der Waals surface area contributed by atoms with Crippen molar-refractivity contribution in [3.05, 3.63) is 27.7 Å². The largest absolute Gasteiger partial charge is 0.508 e. The zero-order chi connectivity index (χ0) is 27.9. The Balaban J connectivity index is 1.69. The molecular weight excluding hydrogens is 544 g/mol. The van der Waals surface area contributed by atoms with E-state index in [0.717, 1.165) is 0 Å². The third-order valence-corrected chi connectivity index (χ3v) is 8.71. The molecule has 1 unspecified atom stereocenters. The van der Waals surface area contributed by atoms with Crippen LogP contribution in [0.2, 0.25) is 10.0 Å². The van der Waals surface area contributed by atoms with Crippen LogP contribution in [0.5, 0.6) is 5.75 Å². The molecule has 1 aromatic rings. The van der Waals surface area contributed by atoms with Gasteiger partial charge < -0.3 is 19.6 Å². The minimum absolute atomic E-state index is 0.0734. The number of ether oxygens (including phenoxy) is 1. The van der Waals surface area contributed by atoms with Crippen molar-refractivity contribution in [3.63, 3.8) is 0 Å². The van der Waals surface area contributed by atoms with E-state index in [1.165, 1.54) is 15.9 Å². The van der Waals surface area contributed by atoms with E-state index in [0.29, 0.717) is 18.4 Å². The Morgan fingerprint density at radius 2 is 1.65 bits per heavy atom. The van der Waals surface area contributed by atoms with E-state index in [-0.39, 0.29) is 47.9 Å². The summed E-state index contributed by atoms with van der Waals surface area (Å²) in [6, 6.07) is 2.38. The lowest BCUT2D eigenvalue weighted by Crippen LogP contribution is -2.68. The summed E-state index contributed by atoms with van der Waals surface area (Å²) in [5.41, 5.74) is -2.38. The third-order valence-electron chi connectivity index (χ3n) is 6.41. The van der Waals surface area contributed by atoms with Gasteiger partial charge in [0.15, 0.2) is 0 Å².